The molecule has 0 aromatic carbocycles. The molecule has 0 bridgehead atoms. The first-order valence-electron chi connectivity index (χ1n) is 3.56. The van der Waals surface area contributed by atoms with E-state index in [1.54, 1.807) is 0 Å². The average Bonchev–Trinajstić information content (AvgIpc) is 2.00. The second kappa shape index (κ2) is 9.74. The molecule has 0 aromatic heterocycles. The van der Waals surface area contributed by atoms with Crippen LogP contribution >= 0.6 is 21.4 Å². The van der Waals surface area contributed by atoms with Crippen LogP contribution in [0, 0.1) is 0 Å². The van der Waals surface area contributed by atoms with Gasteiger partial charge in [-0.2, -0.15) is 0 Å². The van der Waals surface area contributed by atoms with Gasteiger partial charge < -0.3 is 10.2 Å². The van der Waals surface area contributed by atoms with Crippen LogP contribution in [0.1, 0.15) is 26.7 Å². The highest BCUT2D eigenvalue weighted by atomic mass is 36.0. The van der Waals surface area contributed by atoms with Gasteiger partial charge >= 0.3 is 0 Å². The van der Waals surface area contributed by atoms with Crippen molar-refractivity contribution in [1.29, 1.82) is 0 Å². The summed E-state index contributed by atoms with van der Waals surface area (Å²) < 4.78 is 9.09. The molecule has 0 heterocycles. The molecule has 0 rings (SSSR count). The van der Waals surface area contributed by atoms with Crippen LogP contribution in [0.3, 0.4) is 0 Å². The molecular weight excluding hydrogens is 223 g/mol. The predicted molar refractivity (Wildman–Crippen MR) is 52.4 cm³/mol. The molecule has 2 N–H and O–H groups in total. The lowest BCUT2D eigenvalue weighted by Gasteiger charge is -2.12. The topological polar surface area (TPSA) is 57.5 Å². The van der Waals surface area contributed by atoms with Crippen LogP contribution in [0.5, 0.6) is 0 Å². The SMILES string of the molecule is CC[C@@H](O)[C@H](O)CC.O=S(Cl)Cl. The second-order valence-corrected chi connectivity index (χ2v) is 4.66. The highest BCUT2D eigenvalue weighted by Crippen LogP contribution is 2.00. The molecule has 12 heavy (non-hydrogen) atoms. The Morgan fingerprint density at radius 1 is 1.17 bits per heavy atom. The fraction of sp³-hybridized carbons (Fsp3) is 1.00. The van der Waals surface area contributed by atoms with E-state index in [4.69, 9.17) is 14.4 Å². The Labute approximate surface area is 84.1 Å². The van der Waals surface area contributed by atoms with Crippen molar-refractivity contribution in [3.8, 4) is 0 Å². The molecule has 0 aliphatic carbocycles. The van der Waals surface area contributed by atoms with Gasteiger partial charge in [0, 0.05) is 21.4 Å². The maximum absolute atomic E-state index is 9.09. The summed E-state index contributed by atoms with van der Waals surface area (Å²) >= 11 is 0. The van der Waals surface area contributed by atoms with Crippen molar-refractivity contribution in [2.24, 2.45) is 0 Å². The lowest BCUT2D eigenvalue weighted by Crippen LogP contribution is -2.23. The van der Waals surface area contributed by atoms with Crippen molar-refractivity contribution < 1.29 is 14.4 Å². The minimum absolute atomic E-state index is 0.528. The van der Waals surface area contributed by atoms with Gasteiger partial charge in [0.25, 0.3) is 0 Å². The normalized spacial score (nSPS) is 14.9. The van der Waals surface area contributed by atoms with Crippen LogP contribution in [0.4, 0.5) is 0 Å². The number of hydrogen-bond donors (Lipinski definition) is 2. The maximum Gasteiger partial charge on any atom is 0.211 e. The van der Waals surface area contributed by atoms with Crippen LogP contribution in [0.25, 0.3) is 0 Å². The Morgan fingerprint density at radius 3 is 1.42 bits per heavy atom. The van der Waals surface area contributed by atoms with Crippen molar-refractivity contribution in [2.45, 2.75) is 38.9 Å². The molecule has 0 radical (unpaired) electrons. The summed E-state index contributed by atoms with van der Waals surface area (Å²) in [4.78, 5) is 0. The summed E-state index contributed by atoms with van der Waals surface area (Å²) in [5, 5.41) is 17.8. The first-order chi connectivity index (χ1) is 5.45. The summed E-state index contributed by atoms with van der Waals surface area (Å²) in [5.41, 5.74) is 0. The molecule has 0 spiro atoms. The van der Waals surface area contributed by atoms with E-state index in [0.29, 0.717) is 12.8 Å². The van der Waals surface area contributed by atoms with Crippen molar-refractivity contribution >= 4 is 30.6 Å². The fourth-order valence-corrected chi connectivity index (χ4v) is 0.544. The lowest BCUT2D eigenvalue weighted by atomic mass is 10.1. The van der Waals surface area contributed by atoms with Gasteiger partial charge in [-0.1, -0.05) is 13.8 Å². The van der Waals surface area contributed by atoms with E-state index in [1.807, 2.05) is 13.8 Å². The minimum atomic E-state index is -1.67. The molecule has 0 aliphatic rings. The standard InChI is InChI=1S/C6H14O2.Cl2OS/c1-3-5(7)6(8)4-2;1-4(2)3/h5-8H,3-4H2,1-2H3;/t5-,6-;/m1./s1. The zero-order valence-corrected chi connectivity index (χ0v) is 9.36. The number of rotatable bonds is 3. The van der Waals surface area contributed by atoms with E-state index in [1.165, 1.54) is 0 Å². The first kappa shape index (κ1) is 15.1. The number of halogens is 2. The molecule has 0 unspecified atom stereocenters. The summed E-state index contributed by atoms with van der Waals surface area (Å²) in [6, 6.07) is 0. The van der Waals surface area contributed by atoms with Crippen molar-refractivity contribution in [3.05, 3.63) is 0 Å². The molecule has 0 saturated carbocycles. The zero-order valence-electron chi connectivity index (χ0n) is 7.04. The van der Waals surface area contributed by atoms with Crippen molar-refractivity contribution in [2.75, 3.05) is 0 Å². The van der Waals surface area contributed by atoms with Crippen molar-refractivity contribution in [1.82, 2.24) is 0 Å². The maximum atomic E-state index is 9.09. The van der Waals surface area contributed by atoms with E-state index in [9.17, 15) is 0 Å². The third-order valence-corrected chi connectivity index (χ3v) is 1.28. The Kier molecular flexibility index (Phi) is 12.3. The Bertz CT molecular complexity index is 111. The van der Waals surface area contributed by atoms with Crippen LogP contribution < -0.4 is 0 Å². The Balaban J connectivity index is 0. The summed E-state index contributed by atoms with van der Waals surface area (Å²) in [5.74, 6) is 0. The molecule has 76 valence electrons. The molecule has 0 fully saturated rings. The van der Waals surface area contributed by atoms with Gasteiger partial charge in [0.05, 0.1) is 12.2 Å². The van der Waals surface area contributed by atoms with Gasteiger partial charge in [0.15, 0.2) is 0 Å². The van der Waals surface area contributed by atoms with Gasteiger partial charge in [-0.3, -0.25) is 0 Å². The summed E-state index contributed by atoms with van der Waals surface area (Å²) in [6.07, 6.45) is 0.212. The number of hydrogen-bond acceptors (Lipinski definition) is 3. The Hall–Kier alpha value is 0.650. The van der Waals surface area contributed by atoms with Crippen LogP contribution in [-0.4, -0.2) is 26.6 Å². The van der Waals surface area contributed by atoms with Crippen molar-refractivity contribution in [3.63, 3.8) is 0 Å². The van der Waals surface area contributed by atoms with Gasteiger partial charge in [-0.15, -0.1) is 0 Å². The minimum Gasteiger partial charge on any atom is -0.390 e. The van der Waals surface area contributed by atoms with Gasteiger partial charge in [0.2, 0.25) is 9.23 Å². The molecule has 6 heteroatoms. The summed E-state index contributed by atoms with van der Waals surface area (Å²) in [7, 11) is 7.36. The largest absolute Gasteiger partial charge is 0.390 e. The highest BCUT2D eigenvalue weighted by molar-refractivity contribution is 8.26. The third kappa shape index (κ3) is 13.3. The van der Waals surface area contributed by atoms with E-state index in [-0.39, 0.29) is 0 Å². The van der Waals surface area contributed by atoms with E-state index in [2.05, 4.69) is 21.4 Å². The third-order valence-electron chi connectivity index (χ3n) is 1.28. The van der Waals surface area contributed by atoms with Crippen LogP contribution in [-0.2, 0) is 9.23 Å². The van der Waals surface area contributed by atoms with Crippen LogP contribution in [0.15, 0.2) is 0 Å². The molecule has 0 amide bonds. The van der Waals surface area contributed by atoms with E-state index >= 15 is 0 Å². The first-order valence-corrected chi connectivity index (χ1v) is 6.36. The van der Waals surface area contributed by atoms with Gasteiger partial charge in [0.1, 0.15) is 0 Å². The zero-order chi connectivity index (χ0) is 10.1. The van der Waals surface area contributed by atoms with E-state index in [0.717, 1.165) is 0 Å². The molecule has 0 aliphatic heterocycles. The molecule has 0 aromatic rings. The summed E-state index contributed by atoms with van der Waals surface area (Å²) in [6.45, 7) is 3.70. The van der Waals surface area contributed by atoms with E-state index < -0.39 is 21.4 Å². The van der Waals surface area contributed by atoms with Gasteiger partial charge in [-0.05, 0) is 12.8 Å². The number of aliphatic hydroxyl groups excluding tert-OH is 2. The predicted octanol–water partition coefficient (Wildman–Crippen LogP) is 1.57. The van der Waals surface area contributed by atoms with Gasteiger partial charge in [-0.25, -0.2) is 4.21 Å². The second-order valence-electron chi connectivity index (χ2n) is 2.14. The lowest BCUT2D eigenvalue weighted by molar-refractivity contribution is 0.0157. The average molecular weight is 237 g/mol. The van der Waals surface area contributed by atoms with Crippen LogP contribution in [0.2, 0.25) is 0 Å². The number of aliphatic hydroxyl groups is 2. The molecular formula is C6H14Cl2O3S. The Morgan fingerprint density at radius 2 is 1.33 bits per heavy atom. The molecule has 3 nitrogen and oxygen atoms in total. The fourth-order valence-electron chi connectivity index (χ4n) is 0.544. The quantitative estimate of drug-likeness (QED) is 0.732. The monoisotopic (exact) mass is 236 g/mol. The smallest absolute Gasteiger partial charge is 0.211 e. The molecule has 2 atom stereocenters. The molecule has 0 saturated heterocycles. The highest BCUT2D eigenvalue weighted by Gasteiger charge is 2.09.